The zero-order valence-electron chi connectivity index (χ0n) is 22.5. The Bertz CT molecular complexity index is 663. The number of thioether (sulfide) groups is 1. The van der Waals surface area contributed by atoms with E-state index in [0.717, 1.165) is 16.3 Å². The van der Waals surface area contributed by atoms with Crippen molar-refractivity contribution >= 4 is 30.1 Å². The van der Waals surface area contributed by atoms with Crippen LogP contribution < -0.4 is 10.4 Å². The third-order valence-electron chi connectivity index (χ3n) is 6.55. The highest BCUT2D eigenvalue weighted by atomic mass is 32.2. The smallest absolute Gasteiger partial charge is 0.423 e. The van der Waals surface area contributed by atoms with Gasteiger partial charge in [-0.25, -0.2) is 0 Å². The standard InChI is InChI=1S/C27H50BN2O3S/c1-29(2)26(16-14-21-30(3,4)5)15-12-10-8-6-7-9-11-13-22-34-23-27(31)24-17-19-25(20-18-24)28(32)33/h17-20,26,32-33H,6-16,21-23H2,1-5H3/q+1/p+1. The first-order valence-electron chi connectivity index (χ1n) is 13.3. The van der Waals surface area contributed by atoms with Gasteiger partial charge in [-0.3, -0.25) is 4.79 Å². The lowest BCUT2D eigenvalue weighted by molar-refractivity contribution is -0.889. The van der Waals surface area contributed by atoms with Crippen LogP contribution in [-0.4, -0.2) is 86.8 Å². The van der Waals surface area contributed by atoms with Gasteiger partial charge in [-0.2, -0.15) is 11.8 Å². The molecule has 194 valence electrons. The average Bonchev–Trinajstić information content (AvgIpc) is 2.77. The van der Waals surface area contributed by atoms with Gasteiger partial charge in [0.25, 0.3) is 0 Å². The minimum absolute atomic E-state index is 0.107. The average molecular weight is 495 g/mol. The molecule has 0 saturated carbocycles. The van der Waals surface area contributed by atoms with E-state index in [-0.39, 0.29) is 5.78 Å². The number of nitrogens with zero attached hydrogens (tertiary/aromatic N) is 1. The summed E-state index contributed by atoms with van der Waals surface area (Å²) in [6, 6.07) is 7.34. The van der Waals surface area contributed by atoms with Gasteiger partial charge in [-0.15, -0.1) is 0 Å². The van der Waals surface area contributed by atoms with E-state index in [9.17, 15) is 4.79 Å². The molecule has 0 spiro atoms. The lowest BCUT2D eigenvalue weighted by Crippen LogP contribution is -3.10. The monoisotopic (exact) mass is 494 g/mol. The number of hydrogen-bond acceptors (Lipinski definition) is 4. The van der Waals surface area contributed by atoms with Crippen LogP contribution in [0, 0.1) is 0 Å². The number of quaternary nitrogens is 2. The number of nitrogens with one attached hydrogen (secondary N) is 1. The van der Waals surface area contributed by atoms with Crippen molar-refractivity contribution in [3.8, 4) is 0 Å². The number of carbonyl (C=O) groups is 1. The first kappa shape index (κ1) is 31.2. The Morgan fingerprint density at radius 3 is 1.94 bits per heavy atom. The number of rotatable bonds is 20. The minimum atomic E-state index is -1.48. The zero-order valence-corrected chi connectivity index (χ0v) is 23.3. The summed E-state index contributed by atoms with van der Waals surface area (Å²) in [4.78, 5) is 13.8. The minimum Gasteiger partial charge on any atom is -0.423 e. The van der Waals surface area contributed by atoms with Crippen LogP contribution in [-0.2, 0) is 0 Å². The topological polar surface area (TPSA) is 62.0 Å². The lowest BCUT2D eigenvalue weighted by atomic mass is 9.80. The first-order chi connectivity index (χ1) is 16.1. The van der Waals surface area contributed by atoms with Crippen molar-refractivity contribution in [3.05, 3.63) is 29.8 Å². The van der Waals surface area contributed by atoms with Gasteiger partial charge in [0.1, 0.15) is 0 Å². The first-order valence-corrected chi connectivity index (χ1v) is 14.4. The van der Waals surface area contributed by atoms with E-state index < -0.39 is 7.12 Å². The van der Waals surface area contributed by atoms with Crippen LogP contribution in [0.2, 0.25) is 0 Å². The number of Topliss-reactive ketones (excluding diaryl/α,β-unsaturated/α-hetero) is 1. The molecule has 0 bridgehead atoms. The summed E-state index contributed by atoms with van der Waals surface area (Å²) < 4.78 is 1.07. The molecule has 0 fully saturated rings. The fourth-order valence-corrected chi connectivity index (χ4v) is 5.18. The van der Waals surface area contributed by atoms with E-state index in [1.807, 2.05) is 0 Å². The Hall–Kier alpha value is -0.855. The molecule has 0 saturated heterocycles. The van der Waals surface area contributed by atoms with Crippen LogP contribution in [0.1, 0.15) is 81.0 Å². The van der Waals surface area contributed by atoms with Gasteiger partial charge in [-0.05, 0) is 30.5 Å². The highest BCUT2D eigenvalue weighted by Gasteiger charge is 2.16. The summed E-state index contributed by atoms with van der Waals surface area (Å²) in [7, 11) is 9.99. The van der Waals surface area contributed by atoms with Crippen molar-refractivity contribution < 1.29 is 24.2 Å². The lowest BCUT2D eigenvalue weighted by Gasteiger charge is -2.26. The number of hydrogen-bond donors (Lipinski definition) is 3. The third-order valence-corrected chi connectivity index (χ3v) is 7.60. The van der Waals surface area contributed by atoms with Crippen molar-refractivity contribution in [1.82, 2.24) is 0 Å². The molecular formula is C27H51BN2O3S+2. The molecule has 34 heavy (non-hydrogen) atoms. The highest BCUT2D eigenvalue weighted by molar-refractivity contribution is 7.99. The largest absolute Gasteiger partial charge is 0.488 e. The summed E-state index contributed by atoms with van der Waals surface area (Å²) >= 11 is 1.70. The van der Waals surface area contributed by atoms with Crippen LogP contribution in [0.4, 0.5) is 0 Å². The second kappa shape index (κ2) is 17.6. The quantitative estimate of drug-likeness (QED) is 0.113. The van der Waals surface area contributed by atoms with Gasteiger partial charge < -0.3 is 19.4 Å². The van der Waals surface area contributed by atoms with Crippen LogP contribution in [0.3, 0.4) is 0 Å². The van der Waals surface area contributed by atoms with Crippen LogP contribution in [0.5, 0.6) is 0 Å². The molecule has 7 heteroatoms. The van der Waals surface area contributed by atoms with Gasteiger partial charge in [0, 0.05) is 18.4 Å². The molecule has 1 aromatic carbocycles. The number of unbranched alkanes of at least 4 members (excludes halogenated alkanes) is 7. The van der Waals surface area contributed by atoms with Crippen LogP contribution in [0.15, 0.2) is 24.3 Å². The molecule has 0 aromatic heterocycles. The van der Waals surface area contributed by atoms with Crippen molar-refractivity contribution in [2.24, 2.45) is 0 Å². The number of carbonyl (C=O) groups excluding carboxylic acids is 1. The Morgan fingerprint density at radius 2 is 1.41 bits per heavy atom. The summed E-state index contributed by atoms with van der Waals surface area (Å²) in [6.45, 7) is 1.27. The Labute approximate surface area is 214 Å². The molecule has 1 aromatic rings. The molecule has 0 heterocycles. The fraction of sp³-hybridized carbons (Fsp3) is 0.741. The predicted octanol–water partition coefficient (Wildman–Crippen LogP) is 2.79. The van der Waals surface area contributed by atoms with E-state index in [1.165, 1.54) is 77.2 Å². The van der Waals surface area contributed by atoms with Crippen molar-refractivity contribution in [3.63, 3.8) is 0 Å². The maximum absolute atomic E-state index is 12.2. The van der Waals surface area contributed by atoms with Crippen molar-refractivity contribution in [2.75, 3.05) is 53.3 Å². The normalized spacial score (nSPS) is 12.8. The molecule has 3 N–H and O–H groups in total. The fourth-order valence-electron chi connectivity index (χ4n) is 4.28. The second-order valence-electron chi connectivity index (χ2n) is 11.0. The number of ketones is 1. The predicted molar refractivity (Wildman–Crippen MR) is 148 cm³/mol. The van der Waals surface area contributed by atoms with E-state index in [2.05, 4.69) is 35.2 Å². The van der Waals surface area contributed by atoms with E-state index in [0.29, 0.717) is 16.8 Å². The summed E-state index contributed by atoms with van der Waals surface area (Å²) in [5.74, 6) is 1.63. The van der Waals surface area contributed by atoms with Crippen molar-refractivity contribution in [2.45, 2.75) is 76.7 Å². The highest BCUT2D eigenvalue weighted by Crippen LogP contribution is 2.14. The van der Waals surface area contributed by atoms with Crippen LogP contribution >= 0.6 is 11.8 Å². The van der Waals surface area contributed by atoms with E-state index in [4.69, 9.17) is 10.0 Å². The van der Waals surface area contributed by atoms with Gasteiger partial charge >= 0.3 is 7.12 Å². The van der Waals surface area contributed by atoms with Gasteiger partial charge in [0.05, 0.1) is 53.6 Å². The van der Waals surface area contributed by atoms with Gasteiger partial charge in [0.15, 0.2) is 5.78 Å². The zero-order chi connectivity index (χ0) is 25.4. The molecule has 0 aliphatic heterocycles. The molecule has 0 radical (unpaired) electrons. The second-order valence-corrected chi connectivity index (χ2v) is 12.1. The molecule has 1 unspecified atom stereocenters. The Morgan fingerprint density at radius 1 is 0.882 bits per heavy atom. The summed E-state index contributed by atoms with van der Waals surface area (Å²) in [6.07, 6.45) is 14.6. The van der Waals surface area contributed by atoms with Crippen molar-refractivity contribution in [1.29, 1.82) is 0 Å². The Kier molecular flexibility index (Phi) is 16.1. The molecular weight excluding hydrogens is 443 g/mol. The molecule has 5 nitrogen and oxygen atoms in total. The maximum atomic E-state index is 12.2. The summed E-state index contributed by atoms with van der Waals surface area (Å²) in [5.41, 5.74) is 1.05. The van der Waals surface area contributed by atoms with Gasteiger partial charge in [0.2, 0.25) is 0 Å². The molecule has 0 aliphatic rings. The van der Waals surface area contributed by atoms with Gasteiger partial charge in [-0.1, -0.05) is 62.8 Å². The SMILES string of the molecule is C[NH+](C)C(CCCCCCCCCCSCC(=O)c1ccc(B(O)O)cc1)CCC[N+](C)(C)C. The molecule has 0 aliphatic carbocycles. The van der Waals surface area contributed by atoms with E-state index in [1.54, 1.807) is 40.9 Å². The summed E-state index contributed by atoms with van der Waals surface area (Å²) in [5, 5.41) is 18.2. The van der Waals surface area contributed by atoms with Crippen LogP contribution in [0.25, 0.3) is 0 Å². The molecule has 1 rings (SSSR count). The number of benzene rings is 1. The Balaban J connectivity index is 1.98. The van der Waals surface area contributed by atoms with E-state index >= 15 is 0 Å². The maximum Gasteiger partial charge on any atom is 0.488 e. The molecule has 1 atom stereocenters. The third kappa shape index (κ3) is 15.2. The molecule has 0 amide bonds.